The third-order valence-electron chi connectivity index (χ3n) is 11.7. The number of fused-ring (bicyclic) bond motifs is 5. The molecule has 6 N–H and O–H groups in total. The highest BCUT2D eigenvalue weighted by Crippen LogP contribution is 2.67. The monoisotopic (exact) mass is 688 g/mol. The van der Waals surface area contributed by atoms with Crippen molar-refractivity contribution in [3.05, 3.63) is 41.5 Å². The molecule has 1 aromatic rings. The van der Waals surface area contributed by atoms with E-state index >= 15 is 0 Å². The molecule has 8 atom stereocenters. The molecule has 0 bridgehead atoms. The maximum atomic E-state index is 13.5. The predicted octanol–water partition coefficient (Wildman–Crippen LogP) is 3.21. The second-order valence-electron chi connectivity index (χ2n) is 14.5. The number of allylic oxidation sites excluding steroid dienone is 1. The third kappa shape index (κ3) is 7.60. The maximum Gasteiger partial charge on any atom is 0.514 e. The number of carbonyl (C=O) groups is 4. The van der Waals surface area contributed by atoms with Crippen molar-refractivity contribution in [1.29, 1.82) is 0 Å². The van der Waals surface area contributed by atoms with E-state index < -0.39 is 47.7 Å². The molecule has 14 nitrogen and oxygen atoms in total. The zero-order valence-electron chi connectivity index (χ0n) is 28.0. The molecule has 1 unspecified atom stereocenters. The second kappa shape index (κ2) is 14.9. The molecule has 1 aromatic carbocycles. The number of rotatable bonds is 13. The van der Waals surface area contributed by atoms with E-state index in [2.05, 4.69) is 11.8 Å². The second-order valence-corrected chi connectivity index (χ2v) is 14.5. The van der Waals surface area contributed by atoms with E-state index in [9.17, 15) is 29.4 Å². The Kier molecular flexibility index (Phi) is 11.3. The molecule has 270 valence electrons. The first-order valence-electron chi connectivity index (χ1n) is 17.0. The van der Waals surface area contributed by atoms with Gasteiger partial charge in [-0.05, 0) is 105 Å². The summed E-state index contributed by atoms with van der Waals surface area (Å²) in [6.07, 6.45) is 4.69. The molecule has 0 aromatic heterocycles. The van der Waals surface area contributed by atoms with Gasteiger partial charge < -0.3 is 30.2 Å². The van der Waals surface area contributed by atoms with Crippen LogP contribution < -0.4 is 10.5 Å². The van der Waals surface area contributed by atoms with Crippen LogP contribution in [0.2, 0.25) is 0 Å². The Hall–Kier alpha value is -3.24. The first kappa shape index (κ1) is 37.0. The number of aliphatic hydroxyl groups excluding tert-OH is 1. The molecule has 4 aliphatic rings. The van der Waals surface area contributed by atoms with Crippen LogP contribution in [-0.2, 0) is 35.1 Å². The summed E-state index contributed by atoms with van der Waals surface area (Å²) in [6.45, 7) is 3.46. The van der Waals surface area contributed by atoms with Gasteiger partial charge in [0.25, 0.3) is 0 Å². The van der Waals surface area contributed by atoms with Gasteiger partial charge in [-0.3, -0.25) is 29.6 Å². The number of benzene rings is 1. The number of Topliss-reactive ketones (excluding diaryl/α,β-unsaturated/α-hetero) is 1. The van der Waals surface area contributed by atoms with Gasteiger partial charge in [0, 0.05) is 11.8 Å². The van der Waals surface area contributed by atoms with Crippen LogP contribution in [0.5, 0.6) is 5.75 Å². The molecule has 0 aliphatic heterocycles. The maximum absolute atomic E-state index is 13.5. The zero-order chi connectivity index (χ0) is 35.6. The molecule has 4 aliphatic carbocycles. The Morgan fingerprint density at radius 2 is 1.73 bits per heavy atom. The average Bonchev–Trinajstić information content (AvgIpc) is 3.32. The summed E-state index contributed by atoms with van der Waals surface area (Å²) in [5.74, 6) is -0.915. The minimum Gasteiger partial charge on any atom is -0.465 e. The van der Waals surface area contributed by atoms with Crippen molar-refractivity contribution in [1.82, 2.24) is 5.39 Å². The third-order valence-corrected chi connectivity index (χ3v) is 11.7. The van der Waals surface area contributed by atoms with Crippen LogP contribution >= 0.6 is 0 Å². The van der Waals surface area contributed by atoms with E-state index in [1.54, 1.807) is 18.2 Å². The molecular weight excluding hydrogens is 640 g/mol. The van der Waals surface area contributed by atoms with E-state index in [0.29, 0.717) is 37.7 Å². The van der Waals surface area contributed by atoms with Gasteiger partial charge in [-0.25, -0.2) is 4.79 Å². The smallest absolute Gasteiger partial charge is 0.465 e. The van der Waals surface area contributed by atoms with Crippen LogP contribution in [0.15, 0.2) is 35.9 Å². The summed E-state index contributed by atoms with van der Waals surface area (Å²) >= 11 is 0. The molecule has 0 saturated heterocycles. The Morgan fingerprint density at radius 3 is 2.45 bits per heavy atom. The molecule has 3 fully saturated rings. The van der Waals surface area contributed by atoms with E-state index in [-0.39, 0.29) is 72.6 Å². The molecular formula is C35H48N2O12. The molecule has 5 rings (SSSR count). The molecule has 3 saturated carbocycles. The number of carbonyl (C=O) groups excluding carboxylic acids is 4. The Morgan fingerprint density at radius 1 is 1.02 bits per heavy atom. The number of hydrogen-bond acceptors (Lipinski definition) is 14. The van der Waals surface area contributed by atoms with Gasteiger partial charge in [0.2, 0.25) is 5.78 Å². The van der Waals surface area contributed by atoms with Crippen molar-refractivity contribution in [2.75, 3.05) is 19.8 Å². The first-order chi connectivity index (χ1) is 23.2. The fraction of sp³-hybridized carbons (Fsp3) is 0.657. The highest BCUT2D eigenvalue weighted by molar-refractivity contribution is 5.92. The fourth-order valence-corrected chi connectivity index (χ4v) is 9.18. The number of nitrogens with two attached hydrogens (primary N) is 1. The van der Waals surface area contributed by atoms with Gasteiger partial charge in [-0.15, -0.1) is 0 Å². The lowest BCUT2D eigenvalue weighted by molar-refractivity contribution is -0.492. The highest BCUT2D eigenvalue weighted by atomic mass is 17.1. The quantitative estimate of drug-likeness (QED) is 0.0871. The van der Waals surface area contributed by atoms with Gasteiger partial charge in [0.05, 0.1) is 24.7 Å². The summed E-state index contributed by atoms with van der Waals surface area (Å²) < 4.78 is 15.5. The summed E-state index contributed by atoms with van der Waals surface area (Å²) in [7, 11) is 0. The van der Waals surface area contributed by atoms with Crippen molar-refractivity contribution < 1.29 is 58.9 Å². The molecule has 14 heteroatoms. The van der Waals surface area contributed by atoms with E-state index in [4.69, 9.17) is 30.4 Å². The van der Waals surface area contributed by atoms with Crippen molar-refractivity contribution in [3.63, 3.8) is 0 Å². The van der Waals surface area contributed by atoms with Gasteiger partial charge >= 0.3 is 12.1 Å². The molecule has 0 spiro atoms. The first-order valence-corrected chi connectivity index (χ1v) is 17.0. The lowest BCUT2D eigenvalue weighted by Crippen LogP contribution is -2.62. The Balaban J connectivity index is 1.10. The number of unbranched alkanes of at least 4 members (excludes halogenated alkanes) is 1. The normalized spacial score (nSPS) is 32.7. The topological polar surface area (TPSA) is 215 Å². The number of nitrogens with zero attached hydrogens (tertiary/aromatic N) is 1. The Bertz CT molecular complexity index is 1430. The van der Waals surface area contributed by atoms with Gasteiger partial charge in [0.1, 0.15) is 17.4 Å². The molecule has 0 radical (unpaired) electrons. The van der Waals surface area contributed by atoms with Gasteiger partial charge in [-0.2, -0.15) is 0 Å². The number of ether oxygens (including phenoxy) is 3. The molecule has 0 heterocycles. The Labute approximate surface area is 285 Å². The minimum absolute atomic E-state index is 0.00173. The fourth-order valence-electron chi connectivity index (χ4n) is 9.18. The van der Waals surface area contributed by atoms with Crippen LogP contribution in [0, 0.1) is 28.6 Å². The van der Waals surface area contributed by atoms with Crippen LogP contribution in [0.25, 0.3) is 0 Å². The van der Waals surface area contributed by atoms with Crippen LogP contribution in [0.3, 0.4) is 0 Å². The number of hydrogen-bond donors (Lipinski definition) is 5. The summed E-state index contributed by atoms with van der Waals surface area (Å²) in [4.78, 5) is 54.8. The van der Waals surface area contributed by atoms with Crippen molar-refractivity contribution >= 4 is 23.7 Å². The van der Waals surface area contributed by atoms with Crippen molar-refractivity contribution in [2.45, 2.75) is 95.8 Å². The van der Waals surface area contributed by atoms with Gasteiger partial charge in [-0.1, -0.05) is 31.6 Å². The minimum atomic E-state index is -1.78. The van der Waals surface area contributed by atoms with E-state index in [0.717, 1.165) is 18.4 Å². The summed E-state index contributed by atoms with van der Waals surface area (Å²) in [6, 6.07) is 5.29. The predicted molar refractivity (Wildman–Crippen MR) is 170 cm³/mol. The lowest BCUT2D eigenvalue weighted by Gasteiger charge is -2.60. The number of ketones is 2. The number of esters is 1. The van der Waals surface area contributed by atoms with Crippen molar-refractivity contribution in [2.24, 2.45) is 34.3 Å². The van der Waals surface area contributed by atoms with E-state index in [1.165, 1.54) is 12.1 Å². The number of aliphatic hydroxyl groups is 2. The van der Waals surface area contributed by atoms with Crippen molar-refractivity contribution in [3.8, 4) is 5.75 Å². The van der Waals surface area contributed by atoms with Crippen LogP contribution in [-0.4, -0.2) is 87.3 Å². The molecule has 49 heavy (non-hydrogen) atoms. The summed E-state index contributed by atoms with van der Waals surface area (Å²) in [5, 5.41) is 40.0. The van der Waals surface area contributed by atoms with Crippen LogP contribution in [0.1, 0.15) is 77.2 Å². The zero-order valence-corrected chi connectivity index (χ0v) is 28.0. The molecule has 0 amide bonds. The highest BCUT2D eigenvalue weighted by Gasteiger charge is 2.68. The average molecular weight is 689 g/mol. The SMILES string of the molecule is C[C@]12CCC(=O)C=C1CC[C@@H]1C2[C@@H](O)C[C@@]2(C)[C@H]1CC[C@]2(O)C(=O)COC(=O)Oc1ccc(C[C@H](N)C(=O)OCCCCON(O)O)cc1. The van der Waals surface area contributed by atoms with Gasteiger partial charge in [0.15, 0.2) is 12.4 Å². The van der Waals surface area contributed by atoms with Crippen LogP contribution in [0.4, 0.5) is 4.79 Å². The lowest BCUT2D eigenvalue weighted by atomic mass is 9.45. The van der Waals surface area contributed by atoms with E-state index in [1.807, 2.05) is 6.92 Å². The summed E-state index contributed by atoms with van der Waals surface area (Å²) in [5.41, 5.74) is 4.78. The standard InChI is InChI=1S/C35H48N2O12/c1-33-13-11-23(38)18-22(33)7-10-25-26-12-14-35(43,34(26,2)19-28(39)30(25)33)29(40)20-47-32(42)49-24-8-5-21(6-9-24)17-27(36)31(41)46-15-3-4-16-48-37(44)45/h5-6,8-9,18,25-28,30,39,43-45H,3-4,7,10-17,19-20,36H2,1-2H3/t25-,26-,27-,28-,30?,33-,34-,35-/m0/s1. The largest absolute Gasteiger partial charge is 0.514 e.